The molecule has 3 aromatic heterocycles. The van der Waals surface area contributed by atoms with E-state index in [4.69, 9.17) is 22.1 Å². The molecule has 3 rings (SSSR count). The Bertz CT molecular complexity index is 1290. The van der Waals surface area contributed by atoms with E-state index in [2.05, 4.69) is 36.5 Å². The van der Waals surface area contributed by atoms with Gasteiger partial charge in [0, 0.05) is 18.6 Å². The Kier molecular flexibility index (Phi) is 6.00. The number of sulfonamides is 1. The van der Waals surface area contributed by atoms with Gasteiger partial charge in [0.15, 0.2) is 16.5 Å². The summed E-state index contributed by atoms with van der Waals surface area (Å²) in [6.07, 6.45) is 3.84. The Labute approximate surface area is 176 Å². The van der Waals surface area contributed by atoms with Crippen LogP contribution in [0.1, 0.15) is 16.8 Å². The molecule has 0 aromatic carbocycles. The SMILES string of the molecule is COc1ncc(Cl)cc1S(=O)(=O)Nc1nccc(C#Cc2cnc(N)nc2C)c1F. The van der Waals surface area contributed by atoms with Crippen LogP contribution in [0.3, 0.4) is 0 Å². The minimum atomic E-state index is -4.30. The largest absolute Gasteiger partial charge is 0.480 e. The molecule has 0 aliphatic heterocycles. The first kappa shape index (κ1) is 21.2. The van der Waals surface area contributed by atoms with Crippen molar-refractivity contribution in [1.29, 1.82) is 0 Å². The van der Waals surface area contributed by atoms with Crippen molar-refractivity contribution in [2.45, 2.75) is 11.8 Å². The number of hydrogen-bond acceptors (Lipinski definition) is 8. The quantitative estimate of drug-likeness (QED) is 0.580. The Balaban J connectivity index is 1.96. The molecule has 0 radical (unpaired) electrons. The number of nitrogen functional groups attached to an aromatic ring is 1. The first-order chi connectivity index (χ1) is 14.2. The van der Waals surface area contributed by atoms with Crippen LogP contribution in [0.2, 0.25) is 5.02 Å². The second kappa shape index (κ2) is 8.48. The minimum Gasteiger partial charge on any atom is -0.480 e. The van der Waals surface area contributed by atoms with Gasteiger partial charge in [-0.05, 0) is 19.1 Å². The van der Waals surface area contributed by atoms with Crippen LogP contribution in [0.5, 0.6) is 5.88 Å². The molecule has 0 fully saturated rings. The maximum absolute atomic E-state index is 14.8. The molecule has 0 saturated carbocycles. The third kappa shape index (κ3) is 4.56. The predicted octanol–water partition coefficient (Wildman–Crippen LogP) is 2.16. The number of anilines is 2. The summed E-state index contributed by atoms with van der Waals surface area (Å²) in [5.41, 5.74) is 6.36. The van der Waals surface area contributed by atoms with E-state index in [0.717, 1.165) is 6.07 Å². The predicted molar refractivity (Wildman–Crippen MR) is 108 cm³/mol. The van der Waals surface area contributed by atoms with Crippen LogP contribution in [0, 0.1) is 24.6 Å². The zero-order valence-corrected chi connectivity index (χ0v) is 17.2. The van der Waals surface area contributed by atoms with Crippen LogP contribution in [-0.4, -0.2) is 35.5 Å². The van der Waals surface area contributed by atoms with Crippen molar-refractivity contribution in [3.63, 3.8) is 0 Å². The summed E-state index contributed by atoms with van der Waals surface area (Å²) < 4.78 is 47.2. The highest BCUT2D eigenvalue weighted by Gasteiger charge is 2.24. The van der Waals surface area contributed by atoms with E-state index in [9.17, 15) is 12.8 Å². The summed E-state index contributed by atoms with van der Waals surface area (Å²) in [5.74, 6) is 3.71. The third-order valence-electron chi connectivity index (χ3n) is 3.72. The second-order valence-electron chi connectivity index (χ2n) is 5.76. The van der Waals surface area contributed by atoms with Crippen molar-refractivity contribution in [1.82, 2.24) is 19.9 Å². The maximum Gasteiger partial charge on any atom is 0.268 e. The number of aromatic nitrogens is 4. The molecule has 9 nitrogen and oxygen atoms in total. The summed E-state index contributed by atoms with van der Waals surface area (Å²) in [7, 11) is -3.06. The van der Waals surface area contributed by atoms with E-state index in [-0.39, 0.29) is 27.3 Å². The van der Waals surface area contributed by atoms with Crippen LogP contribution in [0.4, 0.5) is 16.2 Å². The molecule has 0 saturated heterocycles. The van der Waals surface area contributed by atoms with Crippen molar-refractivity contribution in [3.8, 4) is 17.7 Å². The summed E-state index contributed by atoms with van der Waals surface area (Å²) in [6.45, 7) is 1.68. The first-order valence-corrected chi connectivity index (χ1v) is 10.1. The molecule has 0 atom stereocenters. The molecule has 3 aromatic rings. The topological polar surface area (TPSA) is 133 Å². The number of ether oxygens (including phenoxy) is 1. The van der Waals surface area contributed by atoms with Crippen LogP contribution in [-0.2, 0) is 10.0 Å². The Morgan fingerprint density at radius 3 is 2.63 bits per heavy atom. The van der Waals surface area contributed by atoms with E-state index < -0.39 is 21.7 Å². The summed E-state index contributed by atoms with van der Waals surface area (Å²) in [5, 5.41) is 0.0605. The number of rotatable bonds is 4. The van der Waals surface area contributed by atoms with Crippen molar-refractivity contribution >= 4 is 33.4 Å². The Hall–Kier alpha value is -3.49. The van der Waals surface area contributed by atoms with Gasteiger partial charge >= 0.3 is 0 Å². The molecule has 154 valence electrons. The zero-order valence-electron chi connectivity index (χ0n) is 15.6. The molecule has 0 unspecified atom stereocenters. The smallest absolute Gasteiger partial charge is 0.268 e. The van der Waals surface area contributed by atoms with E-state index in [1.54, 1.807) is 6.92 Å². The lowest BCUT2D eigenvalue weighted by atomic mass is 10.2. The van der Waals surface area contributed by atoms with Gasteiger partial charge in [-0.2, -0.15) is 0 Å². The molecule has 0 spiro atoms. The Morgan fingerprint density at radius 2 is 1.93 bits per heavy atom. The fourth-order valence-corrected chi connectivity index (χ4v) is 3.67. The van der Waals surface area contributed by atoms with E-state index >= 15 is 0 Å². The molecule has 0 bridgehead atoms. The normalized spacial score (nSPS) is 10.8. The number of nitrogens with one attached hydrogen (secondary N) is 1. The van der Waals surface area contributed by atoms with Gasteiger partial charge in [0.1, 0.15) is 0 Å². The number of methoxy groups -OCH3 is 1. The molecule has 12 heteroatoms. The van der Waals surface area contributed by atoms with Crippen LogP contribution >= 0.6 is 11.6 Å². The number of hydrogen-bond donors (Lipinski definition) is 2. The lowest BCUT2D eigenvalue weighted by Gasteiger charge is -2.11. The monoisotopic (exact) mass is 448 g/mol. The summed E-state index contributed by atoms with van der Waals surface area (Å²) in [6, 6.07) is 2.43. The number of nitrogens with zero attached hydrogens (tertiary/aromatic N) is 4. The fraction of sp³-hybridized carbons (Fsp3) is 0.111. The molecular weight excluding hydrogens is 435 g/mol. The van der Waals surface area contributed by atoms with Gasteiger partial charge in [-0.15, -0.1) is 0 Å². The van der Waals surface area contributed by atoms with Crippen LogP contribution < -0.4 is 15.2 Å². The summed E-state index contributed by atoms with van der Waals surface area (Å²) >= 11 is 5.83. The van der Waals surface area contributed by atoms with Gasteiger partial charge in [-0.3, -0.25) is 4.72 Å². The average Bonchev–Trinajstić information content (AvgIpc) is 2.69. The molecule has 3 N–H and O–H groups in total. The number of halogens is 2. The van der Waals surface area contributed by atoms with E-state index in [1.807, 2.05) is 0 Å². The first-order valence-electron chi connectivity index (χ1n) is 8.19. The minimum absolute atomic E-state index is 0.0605. The van der Waals surface area contributed by atoms with Gasteiger partial charge in [0.2, 0.25) is 11.8 Å². The maximum atomic E-state index is 14.8. The fourth-order valence-electron chi connectivity index (χ4n) is 2.29. The van der Waals surface area contributed by atoms with Gasteiger partial charge in [-0.25, -0.2) is 32.7 Å². The highest BCUT2D eigenvalue weighted by molar-refractivity contribution is 7.92. The highest BCUT2D eigenvalue weighted by Crippen LogP contribution is 2.27. The van der Waals surface area contributed by atoms with Gasteiger partial charge < -0.3 is 10.5 Å². The molecule has 0 aliphatic carbocycles. The average molecular weight is 449 g/mol. The highest BCUT2D eigenvalue weighted by atomic mass is 35.5. The molecule has 30 heavy (non-hydrogen) atoms. The van der Waals surface area contributed by atoms with Gasteiger partial charge in [-0.1, -0.05) is 23.4 Å². The van der Waals surface area contributed by atoms with Crippen LogP contribution in [0.15, 0.2) is 35.6 Å². The number of aryl methyl sites for hydroxylation is 1. The van der Waals surface area contributed by atoms with Gasteiger partial charge in [0.25, 0.3) is 10.0 Å². The van der Waals surface area contributed by atoms with Crippen LogP contribution in [0.25, 0.3) is 0 Å². The van der Waals surface area contributed by atoms with Gasteiger partial charge in [0.05, 0.1) is 29.0 Å². The number of nitrogens with two attached hydrogens (primary N) is 1. The second-order valence-corrected chi connectivity index (χ2v) is 7.85. The van der Waals surface area contributed by atoms with Crippen molar-refractivity contribution in [2.75, 3.05) is 17.6 Å². The van der Waals surface area contributed by atoms with Crippen molar-refractivity contribution in [2.24, 2.45) is 0 Å². The molecule has 0 aliphatic rings. The molecule has 0 amide bonds. The lowest BCUT2D eigenvalue weighted by molar-refractivity contribution is 0.385. The standard InChI is InChI=1S/C18H14ClFN6O3S/c1-10-12(8-24-18(21)25-10)4-3-11-5-6-22-16(15(11)20)26-30(27,28)14-7-13(19)9-23-17(14)29-2/h5-9H,1-2H3,(H,22,26)(H2,21,24,25). The third-order valence-corrected chi connectivity index (χ3v) is 5.26. The van der Waals surface area contributed by atoms with Crippen molar-refractivity contribution in [3.05, 3.63) is 58.4 Å². The van der Waals surface area contributed by atoms with E-state index in [1.165, 1.54) is 31.8 Å². The molecular formula is C18H14ClFN6O3S. The zero-order chi connectivity index (χ0) is 21.9. The van der Waals surface area contributed by atoms with Crippen molar-refractivity contribution < 1.29 is 17.5 Å². The Morgan fingerprint density at radius 1 is 1.20 bits per heavy atom. The lowest BCUT2D eigenvalue weighted by Crippen LogP contribution is -2.17. The number of pyridine rings is 2. The summed E-state index contributed by atoms with van der Waals surface area (Å²) in [4.78, 5) is 15.0. The molecule has 3 heterocycles. The van der Waals surface area contributed by atoms with E-state index in [0.29, 0.717) is 11.3 Å².